The van der Waals surface area contributed by atoms with Gasteiger partial charge >= 0.3 is 0 Å². The van der Waals surface area contributed by atoms with Gasteiger partial charge in [-0.15, -0.1) is 0 Å². The number of fused-ring (bicyclic) bond motifs is 1. The van der Waals surface area contributed by atoms with Gasteiger partial charge in [0, 0.05) is 19.8 Å². The fourth-order valence-electron chi connectivity index (χ4n) is 2.30. The first-order valence-corrected chi connectivity index (χ1v) is 6.63. The lowest BCUT2D eigenvalue weighted by Gasteiger charge is -2.21. The molecule has 6 nitrogen and oxygen atoms in total. The average molecular weight is 292 g/mol. The molecule has 0 aliphatic heterocycles. The Bertz CT molecular complexity index is 663. The normalized spacial score (nSPS) is 10.8. The molecule has 0 atom stereocenters. The van der Waals surface area contributed by atoms with Crippen LogP contribution in [0.5, 0.6) is 0 Å². The summed E-state index contributed by atoms with van der Waals surface area (Å²) in [6, 6.07) is 4.16. The highest BCUT2D eigenvalue weighted by Crippen LogP contribution is 2.34. The van der Waals surface area contributed by atoms with Gasteiger partial charge in [-0.1, -0.05) is 0 Å². The SMILES string of the molecule is CNCCCN(C)c1c(F)cc([N+](=O)[O-])c2cccnc12. The number of nitro groups is 1. The molecule has 0 unspecified atom stereocenters. The fraction of sp³-hybridized carbons (Fsp3) is 0.357. The van der Waals surface area contributed by atoms with Crippen molar-refractivity contribution in [1.29, 1.82) is 0 Å². The van der Waals surface area contributed by atoms with Crippen LogP contribution in [-0.2, 0) is 0 Å². The van der Waals surface area contributed by atoms with Gasteiger partial charge < -0.3 is 10.2 Å². The minimum absolute atomic E-state index is 0.261. The van der Waals surface area contributed by atoms with Crippen LogP contribution in [0, 0.1) is 15.9 Å². The highest BCUT2D eigenvalue weighted by molar-refractivity contribution is 5.97. The van der Waals surface area contributed by atoms with Crippen LogP contribution in [0.2, 0.25) is 0 Å². The number of pyridine rings is 1. The lowest BCUT2D eigenvalue weighted by Crippen LogP contribution is -2.23. The summed E-state index contributed by atoms with van der Waals surface area (Å²) in [6.45, 7) is 1.44. The van der Waals surface area contributed by atoms with Gasteiger partial charge in [0.05, 0.1) is 22.1 Å². The van der Waals surface area contributed by atoms with Crippen molar-refractivity contribution >= 4 is 22.3 Å². The van der Waals surface area contributed by atoms with E-state index in [1.54, 1.807) is 24.1 Å². The minimum atomic E-state index is -0.625. The van der Waals surface area contributed by atoms with Crippen molar-refractivity contribution in [3.05, 3.63) is 40.3 Å². The third kappa shape index (κ3) is 3.08. The van der Waals surface area contributed by atoms with Gasteiger partial charge in [0.25, 0.3) is 5.69 Å². The van der Waals surface area contributed by atoms with Crippen LogP contribution in [0.25, 0.3) is 10.9 Å². The molecule has 2 rings (SSSR count). The molecule has 0 spiro atoms. The molecule has 0 saturated carbocycles. The number of nitro benzene ring substituents is 1. The molecule has 0 saturated heterocycles. The molecule has 112 valence electrons. The number of hydrogen-bond donors (Lipinski definition) is 1. The molecular weight excluding hydrogens is 275 g/mol. The Kier molecular flexibility index (Phi) is 4.64. The third-order valence-electron chi connectivity index (χ3n) is 3.30. The number of nitrogens with zero attached hydrogens (tertiary/aromatic N) is 3. The van der Waals surface area contributed by atoms with E-state index >= 15 is 0 Å². The molecule has 0 bridgehead atoms. The van der Waals surface area contributed by atoms with Crippen LogP contribution in [0.15, 0.2) is 24.4 Å². The number of hydrogen-bond acceptors (Lipinski definition) is 5. The van der Waals surface area contributed by atoms with E-state index in [0.717, 1.165) is 19.0 Å². The van der Waals surface area contributed by atoms with Crippen LogP contribution in [0.4, 0.5) is 15.8 Å². The molecule has 1 aromatic carbocycles. The lowest BCUT2D eigenvalue weighted by atomic mass is 10.1. The van der Waals surface area contributed by atoms with Crippen LogP contribution in [-0.4, -0.2) is 37.1 Å². The van der Waals surface area contributed by atoms with E-state index in [1.807, 2.05) is 7.05 Å². The van der Waals surface area contributed by atoms with Crippen LogP contribution < -0.4 is 10.2 Å². The number of halogens is 1. The zero-order chi connectivity index (χ0) is 15.4. The molecule has 1 heterocycles. The molecule has 2 aromatic rings. The van der Waals surface area contributed by atoms with Gasteiger partial charge in [0.15, 0.2) is 5.82 Å². The van der Waals surface area contributed by atoms with Crippen molar-refractivity contribution in [3.63, 3.8) is 0 Å². The topological polar surface area (TPSA) is 71.3 Å². The fourth-order valence-corrected chi connectivity index (χ4v) is 2.30. The predicted octanol–water partition coefficient (Wildman–Crippen LogP) is 2.33. The summed E-state index contributed by atoms with van der Waals surface area (Å²) in [6.07, 6.45) is 2.34. The number of anilines is 1. The Labute approximate surface area is 121 Å². The standard InChI is InChI=1S/C14H17FN4O2/c1-16-6-4-8-18(2)14-11(15)9-12(19(20)21)10-5-3-7-17-13(10)14/h3,5,7,9,16H,4,6,8H2,1-2H3. The lowest BCUT2D eigenvalue weighted by molar-refractivity contribution is -0.383. The van der Waals surface area contributed by atoms with E-state index < -0.39 is 10.7 Å². The monoisotopic (exact) mass is 292 g/mol. The third-order valence-corrected chi connectivity index (χ3v) is 3.30. The van der Waals surface area contributed by atoms with Gasteiger partial charge in [-0.2, -0.15) is 0 Å². The second kappa shape index (κ2) is 6.45. The number of benzene rings is 1. The number of aromatic nitrogens is 1. The maximum atomic E-state index is 14.3. The minimum Gasteiger partial charge on any atom is -0.370 e. The van der Waals surface area contributed by atoms with E-state index in [4.69, 9.17) is 0 Å². The number of nitrogens with one attached hydrogen (secondary N) is 1. The molecule has 0 aliphatic carbocycles. The maximum absolute atomic E-state index is 14.3. The molecule has 1 aromatic heterocycles. The summed E-state index contributed by atoms with van der Waals surface area (Å²) >= 11 is 0. The largest absolute Gasteiger partial charge is 0.370 e. The van der Waals surface area contributed by atoms with E-state index in [0.29, 0.717) is 23.1 Å². The van der Waals surface area contributed by atoms with Gasteiger partial charge in [-0.25, -0.2) is 4.39 Å². The molecule has 7 heteroatoms. The molecule has 0 radical (unpaired) electrons. The van der Waals surface area contributed by atoms with E-state index in [9.17, 15) is 14.5 Å². The second-order valence-electron chi connectivity index (χ2n) is 4.76. The zero-order valence-corrected chi connectivity index (χ0v) is 12.0. The van der Waals surface area contributed by atoms with Gasteiger partial charge in [0.2, 0.25) is 0 Å². The Balaban J connectivity index is 2.51. The van der Waals surface area contributed by atoms with Crippen LogP contribution in [0.1, 0.15) is 6.42 Å². The number of rotatable bonds is 6. The highest BCUT2D eigenvalue weighted by Gasteiger charge is 2.21. The molecule has 0 amide bonds. The van der Waals surface area contributed by atoms with E-state index in [2.05, 4.69) is 10.3 Å². The summed E-state index contributed by atoms with van der Waals surface area (Å²) in [4.78, 5) is 16.3. The summed E-state index contributed by atoms with van der Waals surface area (Å²) in [5.41, 5.74) is 0.353. The number of non-ortho nitro benzene ring substituents is 1. The van der Waals surface area contributed by atoms with Crippen molar-refractivity contribution in [2.75, 3.05) is 32.1 Å². The first-order valence-electron chi connectivity index (χ1n) is 6.63. The van der Waals surface area contributed by atoms with E-state index in [-0.39, 0.29) is 5.69 Å². The van der Waals surface area contributed by atoms with Gasteiger partial charge in [0.1, 0.15) is 5.52 Å². The highest BCUT2D eigenvalue weighted by atomic mass is 19.1. The first kappa shape index (κ1) is 15.1. The maximum Gasteiger partial charge on any atom is 0.281 e. The van der Waals surface area contributed by atoms with Crippen molar-refractivity contribution < 1.29 is 9.31 Å². The Morgan fingerprint density at radius 2 is 2.29 bits per heavy atom. The summed E-state index contributed by atoms with van der Waals surface area (Å²) in [7, 11) is 3.61. The summed E-state index contributed by atoms with van der Waals surface area (Å²) in [5.74, 6) is -0.625. The molecule has 0 fully saturated rings. The Morgan fingerprint density at radius 3 is 2.95 bits per heavy atom. The van der Waals surface area contributed by atoms with Gasteiger partial charge in [-0.05, 0) is 32.1 Å². The van der Waals surface area contributed by atoms with Crippen LogP contribution >= 0.6 is 0 Å². The quantitative estimate of drug-likeness (QED) is 0.502. The Hall–Kier alpha value is -2.28. The van der Waals surface area contributed by atoms with Crippen molar-refractivity contribution in [2.45, 2.75) is 6.42 Å². The Morgan fingerprint density at radius 1 is 1.52 bits per heavy atom. The van der Waals surface area contributed by atoms with Gasteiger partial charge in [-0.3, -0.25) is 15.1 Å². The van der Waals surface area contributed by atoms with E-state index in [1.165, 1.54) is 6.20 Å². The van der Waals surface area contributed by atoms with Crippen molar-refractivity contribution in [3.8, 4) is 0 Å². The summed E-state index contributed by atoms with van der Waals surface area (Å²) in [5, 5.41) is 14.4. The molecular formula is C14H17FN4O2. The smallest absolute Gasteiger partial charge is 0.281 e. The molecule has 0 aliphatic rings. The molecule has 1 N–H and O–H groups in total. The first-order chi connectivity index (χ1) is 10.1. The summed E-state index contributed by atoms with van der Waals surface area (Å²) < 4.78 is 14.3. The second-order valence-corrected chi connectivity index (χ2v) is 4.76. The molecule has 21 heavy (non-hydrogen) atoms. The predicted molar refractivity (Wildman–Crippen MR) is 80.2 cm³/mol. The van der Waals surface area contributed by atoms with Crippen LogP contribution in [0.3, 0.4) is 0 Å². The van der Waals surface area contributed by atoms with Crippen molar-refractivity contribution in [1.82, 2.24) is 10.3 Å². The average Bonchev–Trinajstić information content (AvgIpc) is 2.46. The zero-order valence-electron chi connectivity index (χ0n) is 12.0. The van der Waals surface area contributed by atoms with Crippen molar-refractivity contribution in [2.24, 2.45) is 0 Å².